The normalized spacial score (nSPS) is 17.0. The highest BCUT2D eigenvalue weighted by atomic mass is 19.4. The average Bonchev–Trinajstić information content (AvgIpc) is 3.18. The van der Waals surface area contributed by atoms with E-state index in [9.17, 15) is 13.2 Å². The molecule has 0 spiro atoms. The van der Waals surface area contributed by atoms with Gasteiger partial charge in [-0.3, -0.25) is 0 Å². The van der Waals surface area contributed by atoms with Crippen molar-refractivity contribution in [2.24, 2.45) is 0 Å². The van der Waals surface area contributed by atoms with Gasteiger partial charge in [0.2, 0.25) is 0 Å². The molecular formula is C15H20F3NO. The molecule has 1 saturated carbocycles. The second-order valence-electron chi connectivity index (χ2n) is 5.29. The van der Waals surface area contributed by atoms with Crippen LogP contribution in [0.4, 0.5) is 13.2 Å². The van der Waals surface area contributed by atoms with Crippen molar-refractivity contribution in [3.63, 3.8) is 0 Å². The van der Waals surface area contributed by atoms with Crippen LogP contribution in [0.5, 0.6) is 5.75 Å². The summed E-state index contributed by atoms with van der Waals surface area (Å²) in [4.78, 5) is 0. The van der Waals surface area contributed by atoms with Gasteiger partial charge in [0.05, 0.1) is 11.7 Å². The molecule has 112 valence electrons. The van der Waals surface area contributed by atoms with E-state index in [4.69, 9.17) is 4.74 Å². The summed E-state index contributed by atoms with van der Waals surface area (Å²) in [7, 11) is 0. The maximum atomic E-state index is 12.8. The zero-order valence-corrected chi connectivity index (χ0v) is 11.5. The molecule has 0 heterocycles. The van der Waals surface area contributed by atoms with Crippen LogP contribution in [0, 0.1) is 0 Å². The molecule has 0 radical (unpaired) electrons. The van der Waals surface area contributed by atoms with E-state index in [-0.39, 0.29) is 11.9 Å². The van der Waals surface area contributed by atoms with Gasteiger partial charge in [0.15, 0.2) is 0 Å². The van der Waals surface area contributed by atoms with Crippen molar-refractivity contribution >= 4 is 0 Å². The van der Waals surface area contributed by atoms with Crippen LogP contribution in [0.25, 0.3) is 0 Å². The van der Waals surface area contributed by atoms with Crippen LogP contribution in [-0.4, -0.2) is 18.7 Å². The predicted molar refractivity (Wildman–Crippen MR) is 71.8 cm³/mol. The van der Waals surface area contributed by atoms with Crippen LogP contribution in [0.15, 0.2) is 24.3 Å². The van der Waals surface area contributed by atoms with Crippen molar-refractivity contribution < 1.29 is 17.9 Å². The van der Waals surface area contributed by atoms with Crippen molar-refractivity contribution in [3.8, 4) is 5.75 Å². The third-order valence-corrected chi connectivity index (χ3v) is 3.32. The number of hydrogen-bond acceptors (Lipinski definition) is 2. The number of ether oxygens (including phenoxy) is 1. The first-order valence-electron chi connectivity index (χ1n) is 7.03. The molecule has 2 nitrogen and oxygen atoms in total. The monoisotopic (exact) mass is 287 g/mol. The molecular weight excluding hydrogens is 267 g/mol. The first-order valence-corrected chi connectivity index (χ1v) is 7.03. The summed E-state index contributed by atoms with van der Waals surface area (Å²) in [6.07, 6.45) is -0.461. The fraction of sp³-hybridized carbons (Fsp3) is 0.600. The van der Waals surface area contributed by atoms with E-state index in [0.29, 0.717) is 6.04 Å². The molecule has 5 heteroatoms. The summed E-state index contributed by atoms with van der Waals surface area (Å²) in [6, 6.07) is 6.03. The Labute approximate surface area is 117 Å². The van der Waals surface area contributed by atoms with Gasteiger partial charge in [0, 0.05) is 6.04 Å². The molecule has 1 aromatic rings. The third-order valence-electron chi connectivity index (χ3n) is 3.32. The standard InChI is InChI=1S/C15H20F3NO/c1-11(5-4-10-19-12-8-9-12)20-14-7-3-2-6-13(14)15(16,17)18/h2-3,6-7,11-12,19H,4-5,8-10H2,1H3. The highest BCUT2D eigenvalue weighted by Gasteiger charge is 2.34. The topological polar surface area (TPSA) is 21.3 Å². The number of nitrogens with one attached hydrogen (secondary N) is 1. The molecule has 2 rings (SSSR count). The summed E-state index contributed by atoms with van der Waals surface area (Å²) in [6.45, 7) is 2.71. The Hall–Kier alpha value is -1.23. The average molecular weight is 287 g/mol. The minimum absolute atomic E-state index is 0.0809. The molecule has 0 aliphatic heterocycles. The second-order valence-corrected chi connectivity index (χ2v) is 5.29. The van der Waals surface area contributed by atoms with Crippen molar-refractivity contribution in [2.75, 3.05) is 6.54 Å². The van der Waals surface area contributed by atoms with E-state index in [1.54, 1.807) is 6.07 Å². The van der Waals surface area contributed by atoms with Gasteiger partial charge in [-0.05, 0) is 51.3 Å². The molecule has 0 saturated heterocycles. The lowest BCUT2D eigenvalue weighted by atomic mass is 10.1. The summed E-state index contributed by atoms with van der Waals surface area (Å²) in [5.74, 6) is -0.0809. The Kier molecular flexibility index (Phi) is 4.91. The van der Waals surface area contributed by atoms with Gasteiger partial charge in [-0.2, -0.15) is 13.2 Å². The summed E-state index contributed by atoms with van der Waals surface area (Å²) in [5.41, 5.74) is -0.706. The highest BCUT2D eigenvalue weighted by Crippen LogP contribution is 2.36. The van der Waals surface area contributed by atoms with E-state index in [1.807, 2.05) is 6.92 Å². The van der Waals surface area contributed by atoms with Gasteiger partial charge < -0.3 is 10.1 Å². The molecule has 1 atom stereocenters. The Morgan fingerprint density at radius 3 is 2.65 bits per heavy atom. The molecule has 1 aromatic carbocycles. The quantitative estimate of drug-likeness (QED) is 0.765. The minimum atomic E-state index is -4.37. The molecule has 1 N–H and O–H groups in total. The van der Waals surface area contributed by atoms with E-state index in [1.165, 1.54) is 25.0 Å². The summed E-state index contributed by atoms with van der Waals surface area (Å²) < 4.78 is 43.9. The smallest absolute Gasteiger partial charge is 0.419 e. The van der Waals surface area contributed by atoms with Crippen LogP contribution < -0.4 is 10.1 Å². The number of hydrogen-bond donors (Lipinski definition) is 1. The predicted octanol–water partition coefficient (Wildman–Crippen LogP) is 4.00. The summed E-state index contributed by atoms with van der Waals surface area (Å²) in [5, 5.41) is 3.38. The van der Waals surface area contributed by atoms with Crippen LogP contribution in [0.1, 0.15) is 38.2 Å². The minimum Gasteiger partial charge on any atom is -0.490 e. The van der Waals surface area contributed by atoms with Gasteiger partial charge in [-0.1, -0.05) is 12.1 Å². The van der Waals surface area contributed by atoms with Crippen LogP contribution >= 0.6 is 0 Å². The zero-order chi connectivity index (χ0) is 14.6. The zero-order valence-electron chi connectivity index (χ0n) is 11.5. The largest absolute Gasteiger partial charge is 0.490 e. The SMILES string of the molecule is CC(CCCNC1CC1)Oc1ccccc1C(F)(F)F. The Morgan fingerprint density at radius 2 is 2.00 bits per heavy atom. The second kappa shape index (κ2) is 6.48. The number of benzene rings is 1. The van der Waals surface area contributed by atoms with Crippen molar-refractivity contribution in [3.05, 3.63) is 29.8 Å². The van der Waals surface area contributed by atoms with Crippen molar-refractivity contribution in [1.82, 2.24) is 5.32 Å². The molecule has 0 bridgehead atoms. The lowest BCUT2D eigenvalue weighted by Gasteiger charge is -2.18. The van der Waals surface area contributed by atoms with Crippen molar-refractivity contribution in [2.45, 2.75) is 50.9 Å². The molecule has 1 fully saturated rings. The van der Waals surface area contributed by atoms with Gasteiger partial charge in [0.1, 0.15) is 5.75 Å². The maximum Gasteiger partial charge on any atom is 0.419 e. The van der Waals surface area contributed by atoms with Gasteiger partial charge in [-0.15, -0.1) is 0 Å². The number of halogens is 3. The van der Waals surface area contributed by atoms with Crippen LogP contribution in [0.2, 0.25) is 0 Å². The number of rotatable bonds is 7. The van der Waals surface area contributed by atoms with E-state index in [0.717, 1.165) is 25.5 Å². The highest BCUT2D eigenvalue weighted by molar-refractivity contribution is 5.35. The Balaban J connectivity index is 1.82. The Morgan fingerprint density at radius 1 is 1.30 bits per heavy atom. The van der Waals surface area contributed by atoms with Gasteiger partial charge in [0.25, 0.3) is 0 Å². The maximum absolute atomic E-state index is 12.8. The molecule has 1 aliphatic carbocycles. The van der Waals surface area contributed by atoms with Gasteiger partial charge >= 0.3 is 6.18 Å². The lowest BCUT2D eigenvalue weighted by Crippen LogP contribution is -2.21. The number of para-hydroxylation sites is 1. The molecule has 1 unspecified atom stereocenters. The van der Waals surface area contributed by atoms with Crippen molar-refractivity contribution in [1.29, 1.82) is 0 Å². The fourth-order valence-electron chi connectivity index (χ4n) is 2.06. The first-order chi connectivity index (χ1) is 9.47. The van der Waals surface area contributed by atoms with Gasteiger partial charge in [-0.25, -0.2) is 0 Å². The molecule has 0 amide bonds. The summed E-state index contributed by atoms with van der Waals surface area (Å²) >= 11 is 0. The lowest BCUT2D eigenvalue weighted by molar-refractivity contribution is -0.139. The van der Waals surface area contributed by atoms with E-state index >= 15 is 0 Å². The Bertz CT molecular complexity index is 429. The molecule has 20 heavy (non-hydrogen) atoms. The molecule has 0 aromatic heterocycles. The van der Waals surface area contributed by atoms with Crippen LogP contribution in [0.3, 0.4) is 0 Å². The van der Waals surface area contributed by atoms with E-state index in [2.05, 4.69) is 5.32 Å². The van der Waals surface area contributed by atoms with Crippen LogP contribution in [-0.2, 0) is 6.18 Å². The fourth-order valence-corrected chi connectivity index (χ4v) is 2.06. The molecule has 1 aliphatic rings. The number of alkyl halides is 3. The van der Waals surface area contributed by atoms with E-state index < -0.39 is 11.7 Å². The first kappa shape index (κ1) is 15.2. The third kappa shape index (κ3) is 4.71.